The summed E-state index contributed by atoms with van der Waals surface area (Å²) in [4.78, 5) is 12.3. The molecule has 4 nitrogen and oxygen atoms in total. The number of hydrogen-bond acceptors (Lipinski definition) is 3. The highest BCUT2D eigenvalue weighted by Crippen LogP contribution is 2.26. The fourth-order valence-corrected chi connectivity index (χ4v) is 3.12. The maximum atomic E-state index is 12.3. The Morgan fingerprint density at radius 3 is 2.75 bits per heavy atom. The summed E-state index contributed by atoms with van der Waals surface area (Å²) in [6, 6.07) is 18.2. The first-order valence-electron chi connectivity index (χ1n) is 9.61. The van der Waals surface area contributed by atoms with Crippen LogP contribution in [0, 0.1) is 13.8 Å². The molecule has 0 heterocycles. The van der Waals surface area contributed by atoms with E-state index < -0.39 is 0 Å². The van der Waals surface area contributed by atoms with Crippen LogP contribution in [0.1, 0.15) is 35.6 Å². The lowest BCUT2D eigenvalue weighted by atomic mass is 10.0. The van der Waals surface area contributed by atoms with Gasteiger partial charge in [-0.15, -0.1) is 0 Å². The molecule has 0 saturated heterocycles. The van der Waals surface area contributed by atoms with Gasteiger partial charge in [0.2, 0.25) is 5.91 Å². The molecular formula is C24H26N2O2. The van der Waals surface area contributed by atoms with Gasteiger partial charge in [-0.25, -0.2) is 5.43 Å². The third kappa shape index (κ3) is 4.77. The van der Waals surface area contributed by atoms with E-state index in [-0.39, 0.29) is 5.91 Å². The SMILES string of the molecule is CCCOc1ccc2ccccc2c1/C=N\NC(=O)Cc1cc(C)ccc1C. The first-order chi connectivity index (χ1) is 13.6. The average Bonchev–Trinajstić information content (AvgIpc) is 2.70. The number of fused-ring (bicyclic) bond motifs is 1. The normalized spacial score (nSPS) is 11.1. The zero-order chi connectivity index (χ0) is 19.9. The molecule has 1 N–H and O–H groups in total. The van der Waals surface area contributed by atoms with Crippen molar-refractivity contribution in [2.24, 2.45) is 5.10 Å². The van der Waals surface area contributed by atoms with Crippen molar-refractivity contribution in [3.63, 3.8) is 0 Å². The van der Waals surface area contributed by atoms with Crippen molar-refractivity contribution in [2.75, 3.05) is 6.61 Å². The Labute approximate surface area is 166 Å². The number of ether oxygens (including phenoxy) is 1. The minimum absolute atomic E-state index is 0.138. The molecule has 0 aliphatic carbocycles. The quantitative estimate of drug-likeness (QED) is 0.470. The fraction of sp³-hybridized carbons (Fsp3) is 0.250. The number of carbonyl (C=O) groups excluding carboxylic acids is 1. The molecule has 0 fully saturated rings. The van der Waals surface area contributed by atoms with Crippen LogP contribution in [0.15, 0.2) is 59.7 Å². The second-order valence-electron chi connectivity index (χ2n) is 6.95. The minimum Gasteiger partial charge on any atom is -0.493 e. The summed E-state index contributed by atoms with van der Waals surface area (Å²) in [7, 11) is 0. The predicted octanol–water partition coefficient (Wildman–Crippen LogP) is 4.94. The molecule has 0 unspecified atom stereocenters. The van der Waals surface area contributed by atoms with Gasteiger partial charge in [-0.2, -0.15) is 5.10 Å². The monoisotopic (exact) mass is 374 g/mol. The van der Waals surface area contributed by atoms with Crippen molar-refractivity contribution in [3.05, 3.63) is 76.9 Å². The zero-order valence-electron chi connectivity index (χ0n) is 16.7. The summed E-state index contributed by atoms with van der Waals surface area (Å²) in [6.07, 6.45) is 2.91. The van der Waals surface area contributed by atoms with Gasteiger partial charge in [-0.05, 0) is 48.2 Å². The fourth-order valence-electron chi connectivity index (χ4n) is 3.12. The van der Waals surface area contributed by atoms with E-state index in [1.54, 1.807) is 6.21 Å². The Hall–Kier alpha value is -3.14. The minimum atomic E-state index is -0.138. The largest absolute Gasteiger partial charge is 0.493 e. The summed E-state index contributed by atoms with van der Waals surface area (Å²) >= 11 is 0. The molecule has 0 saturated carbocycles. The second-order valence-corrected chi connectivity index (χ2v) is 6.95. The number of aryl methyl sites for hydroxylation is 2. The third-order valence-corrected chi connectivity index (χ3v) is 4.63. The Morgan fingerprint density at radius 1 is 1.11 bits per heavy atom. The van der Waals surface area contributed by atoms with E-state index in [9.17, 15) is 4.79 Å². The summed E-state index contributed by atoms with van der Waals surface area (Å²) in [6.45, 7) is 6.75. The van der Waals surface area contributed by atoms with Crippen molar-refractivity contribution in [1.29, 1.82) is 0 Å². The molecule has 0 radical (unpaired) electrons. The lowest BCUT2D eigenvalue weighted by Crippen LogP contribution is -2.20. The summed E-state index contributed by atoms with van der Waals surface area (Å²) < 4.78 is 5.87. The van der Waals surface area contributed by atoms with Crippen LogP contribution >= 0.6 is 0 Å². The van der Waals surface area contributed by atoms with Gasteiger partial charge in [0.15, 0.2) is 0 Å². The standard InChI is InChI=1S/C24H26N2O2/c1-4-13-28-23-12-11-19-7-5-6-8-21(19)22(23)16-25-26-24(27)15-20-14-17(2)9-10-18(20)3/h5-12,14,16H,4,13,15H2,1-3H3,(H,26,27)/b25-16-. The maximum Gasteiger partial charge on any atom is 0.244 e. The average molecular weight is 374 g/mol. The molecule has 144 valence electrons. The molecule has 0 aliphatic rings. The molecule has 1 amide bonds. The number of amides is 1. The number of hydrogen-bond donors (Lipinski definition) is 1. The molecule has 3 rings (SSSR count). The van der Waals surface area contributed by atoms with Gasteiger partial charge in [0, 0.05) is 5.56 Å². The molecular weight excluding hydrogens is 348 g/mol. The molecule has 28 heavy (non-hydrogen) atoms. The van der Waals surface area contributed by atoms with Gasteiger partial charge < -0.3 is 4.74 Å². The van der Waals surface area contributed by atoms with Crippen LogP contribution in [0.25, 0.3) is 10.8 Å². The Morgan fingerprint density at radius 2 is 1.93 bits per heavy atom. The molecule has 0 aromatic heterocycles. The van der Waals surface area contributed by atoms with Gasteiger partial charge in [-0.1, -0.05) is 61.0 Å². The van der Waals surface area contributed by atoms with Crippen LogP contribution in [0.5, 0.6) is 5.75 Å². The van der Waals surface area contributed by atoms with Crippen LogP contribution in [0.2, 0.25) is 0 Å². The molecule has 3 aromatic rings. The van der Waals surface area contributed by atoms with Crippen LogP contribution in [-0.4, -0.2) is 18.7 Å². The van der Waals surface area contributed by atoms with E-state index in [0.29, 0.717) is 13.0 Å². The number of carbonyl (C=O) groups is 1. The van der Waals surface area contributed by atoms with Crippen LogP contribution in [0.3, 0.4) is 0 Å². The number of hydrazone groups is 1. The lowest BCUT2D eigenvalue weighted by Gasteiger charge is -2.11. The predicted molar refractivity (Wildman–Crippen MR) is 115 cm³/mol. The summed E-state index contributed by atoms with van der Waals surface area (Å²) in [5, 5.41) is 6.36. The molecule has 4 heteroatoms. The van der Waals surface area contributed by atoms with Gasteiger partial charge >= 0.3 is 0 Å². The van der Waals surface area contributed by atoms with E-state index in [4.69, 9.17) is 4.74 Å². The van der Waals surface area contributed by atoms with Crippen molar-refractivity contribution in [1.82, 2.24) is 5.43 Å². The topological polar surface area (TPSA) is 50.7 Å². The van der Waals surface area contributed by atoms with Crippen molar-refractivity contribution in [3.8, 4) is 5.75 Å². The molecule has 0 aliphatic heterocycles. The number of benzene rings is 3. The van der Waals surface area contributed by atoms with E-state index in [2.05, 4.69) is 23.5 Å². The third-order valence-electron chi connectivity index (χ3n) is 4.63. The summed E-state index contributed by atoms with van der Waals surface area (Å²) in [5.41, 5.74) is 6.79. The van der Waals surface area contributed by atoms with Gasteiger partial charge in [0.1, 0.15) is 5.75 Å². The highest BCUT2D eigenvalue weighted by Gasteiger charge is 2.08. The van der Waals surface area contributed by atoms with Crippen LogP contribution < -0.4 is 10.2 Å². The lowest BCUT2D eigenvalue weighted by molar-refractivity contribution is -0.120. The first-order valence-corrected chi connectivity index (χ1v) is 9.61. The van der Waals surface area contributed by atoms with Crippen LogP contribution in [-0.2, 0) is 11.2 Å². The summed E-state index contributed by atoms with van der Waals surface area (Å²) in [5.74, 6) is 0.634. The Bertz CT molecular complexity index is 1010. The van der Waals surface area contributed by atoms with Crippen molar-refractivity contribution < 1.29 is 9.53 Å². The van der Waals surface area contributed by atoms with Gasteiger partial charge in [-0.3, -0.25) is 4.79 Å². The number of nitrogens with zero attached hydrogens (tertiary/aromatic N) is 1. The van der Waals surface area contributed by atoms with E-state index in [0.717, 1.165) is 45.2 Å². The molecule has 0 atom stereocenters. The van der Waals surface area contributed by atoms with Crippen LogP contribution in [0.4, 0.5) is 0 Å². The van der Waals surface area contributed by atoms with Crippen molar-refractivity contribution in [2.45, 2.75) is 33.6 Å². The molecule has 0 spiro atoms. The van der Waals surface area contributed by atoms with Gasteiger partial charge in [0.05, 0.1) is 19.2 Å². The second kappa shape index (κ2) is 9.18. The Kier molecular flexibility index (Phi) is 6.43. The van der Waals surface area contributed by atoms with E-state index in [1.807, 2.05) is 62.4 Å². The molecule has 3 aromatic carbocycles. The van der Waals surface area contributed by atoms with Crippen molar-refractivity contribution >= 4 is 22.9 Å². The van der Waals surface area contributed by atoms with E-state index in [1.165, 1.54) is 0 Å². The maximum absolute atomic E-state index is 12.3. The highest BCUT2D eigenvalue weighted by molar-refractivity contribution is 6.02. The number of rotatable bonds is 7. The Balaban J connectivity index is 1.78. The van der Waals surface area contributed by atoms with E-state index >= 15 is 0 Å². The number of nitrogens with one attached hydrogen (secondary N) is 1. The highest BCUT2D eigenvalue weighted by atomic mass is 16.5. The first kappa shape index (κ1) is 19.6. The van der Waals surface area contributed by atoms with Gasteiger partial charge in [0.25, 0.3) is 0 Å². The zero-order valence-corrected chi connectivity index (χ0v) is 16.7. The smallest absolute Gasteiger partial charge is 0.244 e. The molecule has 0 bridgehead atoms.